The fourth-order valence-electron chi connectivity index (χ4n) is 2.40. The zero-order valence-electron chi connectivity index (χ0n) is 9.24. The number of H-pyrrole nitrogens is 1. The van der Waals surface area contributed by atoms with Gasteiger partial charge in [0.25, 0.3) is 0 Å². The summed E-state index contributed by atoms with van der Waals surface area (Å²) in [7, 11) is 2.02. The predicted molar refractivity (Wildman–Crippen MR) is 65.8 cm³/mol. The molecule has 2 aromatic heterocycles. The van der Waals surface area contributed by atoms with E-state index < -0.39 is 0 Å². The molecule has 0 aliphatic heterocycles. The van der Waals surface area contributed by atoms with Gasteiger partial charge in [0.1, 0.15) is 0 Å². The summed E-state index contributed by atoms with van der Waals surface area (Å²) in [5.41, 5.74) is 3.42. The van der Waals surface area contributed by atoms with Gasteiger partial charge in [0.05, 0.1) is 11.0 Å². The number of nitrogens with one attached hydrogen (secondary N) is 1. The van der Waals surface area contributed by atoms with Crippen LogP contribution in [0.4, 0.5) is 0 Å². The van der Waals surface area contributed by atoms with Gasteiger partial charge in [-0.1, -0.05) is 18.2 Å². The summed E-state index contributed by atoms with van der Waals surface area (Å²) in [4.78, 5) is 14.1. The van der Waals surface area contributed by atoms with Crippen molar-refractivity contribution in [2.24, 2.45) is 7.05 Å². The maximum Gasteiger partial charge on any atom is 0.248 e. The first-order valence-electron chi connectivity index (χ1n) is 5.25. The van der Waals surface area contributed by atoms with Crippen molar-refractivity contribution in [2.75, 3.05) is 0 Å². The second-order valence-corrected chi connectivity index (χ2v) is 4.13. The molecule has 80 valence electrons. The fourth-order valence-corrected chi connectivity index (χ4v) is 2.40. The van der Waals surface area contributed by atoms with E-state index in [9.17, 15) is 4.79 Å². The molecule has 3 aromatic rings. The molecule has 0 spiro atoms. The summed E-state index contributed by atoms with van der Waals surface area (Å²) >= 11 is 0. The van der Waals surface area contributed by atoms with E-state index in [1.165, 1.54) is 11.1 Å². The summed E-state index contributed by atoms with van der Waals surface area (Å²) in [6, 6.07) is 7.84. The van der Waals surface area contributed by atoms with Crippen LogP contribution in [0.25, 0.3) is 21.8 Å². The van der Waals surface area contributed by atoms with E-state index in [-0.39, 0.29) is 5.56 Å². The molecule has 0 saturated carbocycles. The number of aromatic amines is 1. The number of nitrogens with zero attached hydrogens (tertiary/aromatic N) is 1. The Hall–Kier alpha value is -2.03. The summed E-state index contributed by atoms with van der Waals surface area (Å²) in [5, 5.41) is 2.16. The first kappa shape index (κ1) is 9.21. The van der Waals surface area contributed by atoms with Crippen molar-refractivity contribution < 1.29 is 0 Å². The Morgan fingerprint density at radius 2 is 2.06 bits per heavy atom. The van der Waals surface area contributed by atoms with Gasteiger partial charge in [-0.3, -0.25) is 4.79 Å². The highest BCUT2D eigenvalue weighted by molar-refractivity contribution is 6.08. The molecule has 3 nitrogen and oxygen atoms in total. The third-order valence-electron chi connectivity index (χ3n) is 3.13. The average molecular weight is 212 g/mol. The van der Waals surface area contributed by atoms with Crippen LogP contribution in [0.5, 0.6) is 0 Å². The third kappa shape index (κ3) is 1.05. The van der Waals surface area contributed by atoms with E-state index in [2.05, 4.69) is 28.6 Å². The summed E-state index contributed by atoms with van der Waals surface area (Å²) in [6.07, 6.45) is 1.77. The quantitative estimate of drug-likeness (QED) is 0.610. The molecule has 0 unspecified atom stereocenters. The summed E-state index contributed by atoms with van der Waals surface area (Å²) in [5.74, 6) is 0. The van der Waals surface area contributed by atoms with Gasteiger partial charge in [-0.2, -0.15) is 0 Å². The van der Waals surface area contributed by atoms with E-state index in [0.29, 0.717) is 0 Å². The molecule has 0 amide bonds. The predicted octanol–water partition coefficient (Wildman–Crippen LogP) is 2.33. The van der Waals surface area contributed by atoms with Crippen LogP contribution in [-0.2, 0) is 7.05 Å². The Morgan fingerprint density at radius 1 is 1.25 bits per heavy atom. The molecule has 3 heteroatoms. The number of hydrogen-bond acceptors (Lipinski definition) is 1. The van der Waals surface area contributed by atoms with Gasteiger partial charge in [-0.25, -0.2) is 0 Å². The van der Waals surface area contributed by atoms with E-state index in [0.717, 1.165) is 16.3 Å². The van der Waals surface area contributed by atoms with E-state index >= 15 is 0 Å². The van der Waals surface area contributed by atoms with Crippen LogP contribution < -0.4 is 5.56 Å². The Balaban J connectivity index is 2.70. The Labute approximate surface area is 92.3 Å². The van der Waals surface area contributed by atoms with Gasteiger partial charge in [-0.15, -0.1) is 0 Å². The molecule has 1 N–H and O–H groups in total. The minimum atomic E-state index is -0.0542. The van der Waals surface area contributed by atoms with Gasteiger partial charge < -0.3 is 9.55 Å². The van der Waals surface area contributed by atoms with Crippen molar-refractivity contribution in [3.05, 3.63) is 46.4 Å². The van der Waals surface area contributed by atoms with Gasteiger partial charge in [0.2, 0.25) is 5.56 Å². The molecular formula is C13H12N2O. The third-order valence-corrected chi connectivity index (χ3v) is 3.13. The zero-order chi connectivity index (χ0) is 11.3. The smallest absolute Gasteiger partial charge is 0.248 e. The molecule has 16 heavy (non-hydrogen) atoms. The number of pyridine rings is 1. The van der Waals surface area contributed by atoms with Crippen molar-refractivity contribution in [3.8, 4) is 0 Å². The molecule has 0 atom stereocenters. The number of para-hydroxylation sites is 1. The van der Waals surface area contributed by atoms with Gasteiger partial charge in [0.15, 0.2) is 0 Å². The van der Waals surface area contributed by atoms with Crippen molar-refractivity contribution in [1.82, 2.24) is 9.55 Å². The van der Waals surface area contributed by atoms with Crippen LogP contribution in [0, 0.1) is 6.92 Å². The number of fused-ring (bicyclic) bond motifs is 3. The summed E-state index contributed by atoms with van der Waals surface area (Å²) < 4.78 is 2.12. The highest BCUT2D eigenvalue weighted by Crippen LogP contribution is 2.28. The van der Waals surface area contributed by atoms with Crippen LogP contribution in [0.3, 0.4) is 0 Å². The molecule has 0 saturated heterocycles. The molecule has 0 aliphatic rings. The fraction of sp³-hybridized carbons (Fsp3) is 0.154. The molecule has 0 fully saturated rings. The Bertz CT molecular complexity index is 750. The van der Waals surface area contributed by atoms with Crippen LogP contribution >= 0.6 is 0 Å². The van der Waals surface area contributed by atoms with E-state index in [1.807, 2.05) is 13.1 Å². The Kier molecular flexibility index (Phi) is 1.72. The van der Waals surface area contributed by atoms with Crippen molar-refractivity contribution >= 4 is 21.8 Å². The van der Waals surface area contributed by atoms with Gasteiger partial charge >= 0.3 is 0 Å². The van der Waals surface area contributed by atoms with Gasteiger partial charge in [-0.05, 0) is 12.5 Å². The lowest BCUT2D eigenvalue weighted by Crippen LogP contribution is -2.01. The summed E-state index contributed by atoms with van der Waals surface area (Å²) in [6.45, 7) is 2.09. The number of rotatable bonds is 0. The van der Waals surface area contributed by atoms with Crippen LogP contribution in [0.15, 0.2) is 35.3 Å². The lowest BCUT2D eigenvalue weighted by Gasteiger charge is -2.00. The van der Waals surface area contributed by atoms with Crippen molar-refractivity contribution in [1.29, 1.82) is 0 Å². The second kappa shape index (κ2) is 2.98. The molecule has 0 radical (unpaired) electrons. The molecule has 1 aromatic carbocycles. The topological polar surface area (TPSA) is 37.8 Å². The first-order valence-corrected chi connectivity index (χ1v) is 5.25. The first-order chi connectivity index (χ1) is 7.68. The van der Waals surface area contributed by atoms with E-state index in [1.54, 1.807) is 12.3 Å². The lowest BCUT2D eigenvalue weighted by atomic mass is 10.1. The monoisotopic (exact) mass is 212 g/mol. The van der Waals surface area contributed by atoms with E-state index in [4.69, 9.17) is 0 Å². The highest BCUT2D eigenvalue weighted by Gasteiger charge is 2.09. The normalized spacial score (nSPS) is 11.4. The second-order valence-electron chi connectivity index (χ2n) is 4.13. The van der Waals surface area contributed by atoms with Crippen LogP contribution in [0.1, 0.15) is 5.56 Å². The van der Waals surface area contributed by atoms with Crippen molar-refractivity contribution in [3.63, 3.8) is 0 Å². The lowest BCUT2D eigenvalue weighted by molar-refractivity contribution is 1.00. The standard InChI is InChI=1S/C13H12N2O/c1-8-4-3-5-9-10-6-12(16)14-7-11(10)15(2)13(8)9/h3-7H,1-2H3,(H,14,16). The number of aryl methyl sites for hydroxylation is 2. The molecule has 3 rings (SSSR count). The minimum absolute atomic E-state index is 0.0542. The minimum Gasteiger partial charge on any atom is -0.342 e. The number of hydrogen-bond donors (Lipinski definition) is 1. The Morgan fingerprint density at radius 3 is 2.88 bits per heavy atom. The molecule has 2 heterocycles. The molecule has 0 aliphatic carbocycles. The maximum atomic E-state index is 11.4. The van der Waals surface area contributed by atoms with Crippen LogP contribution in [0.2, 0.25) is 0 Å². The zero-order valence-corrected chi connectivity index (χ0v) is 9.24. The van der Waals surface area contributed by atoms with Crippen molar-refractivity contribution in [2.45, 2.75) is 6.92 Å². The molecular weight excluding hydrogens is 200 g/mol. The molecule has 0 bridgehead atoms. The maximum absolute atomic E-state index is 11.4. The number of benzene rings is 1. The highest BCUT2D eigenvalue weighted by atomic mass is 16.1. The van der Waals surface area contributed by atoms with Crippen LogP contribution in [-0.4, -0.2) is 9.55 Å². The van der Waals surface area contributed by atoms with Gasteiger partial charge in [0, 0.05) is 30.1 Å². The SMILES string of the molecule is Cc1cccc2c3cc(=O)[nH]cc3n(C)c12. The number of aromatic nitrogens is 2. The average Bonchev–Trinajstić information content (AvgIpc) is 2.54. The largest absolute Gasteiger partial charge is 0.342 e.